The van der Waals surface area contributed by atoms with E-state index in [2.05, 4.69) is 6.58 Å². The van der Waals surface area contributed by atoms with Crippen molar-refractivity contribution in [3.63, 3.8) is 0 Å². The quantitative estimate of drug-likeness (QED) is 0.354. The lowest BCUT2D eigenvalue weighted by Gasteiger charge is -1.81. The van der Waals surface area contributed by atoms with Crippen LogP contribution in [0.4, 0.5) is 0 Å². The summed E-state index contributed by atoms with van der Waals surface area (Å²) in [7, 11) is 5.23. The predicted molar refractivity (Wildman–Crippen MR) is 48.7 cm³/mol. The average molecular weight is 166 g/mol. The number of hydrogen-bond acceptors (Lipinski definition) is 1. The van der Waals surface area contributed by atoms with Gasteiger partial charge in [0.15, 0.2) is 0 Å². The van der Waals surface area contributed by atoms with Gasteiger partial charge in [-0.15, -0.1) is 12.1 Å². The maximum absolute atomic E-state index is 10.2. The molecule has 0 aromatic carbocycles. The largest absolute Gasteiger partial charge is 0.281 e. The summed E-state index contributed by atoms with van der Waals surface area (Å²) in [6.07, 6.45) is 6.91. The van der Waals surface area contributed by atoms with E-state index in [4.69, 9.17) is 19.4 Å². The summed E-state index contributed by atoms with van der Waals surface area (Å²) >= 11 is 5.06. The zero-order valence-electron chi connectivity index (χ0n) is 6.09. The number of halogens is 1. The Labute approximate surface area is 72.8 Å². The van der Waals surface area contributed by atoms with Crippen molar-refractivity contribution in [2.45, 2.75) is 6.42 Å². The van der Waals surface area contributed by atoms with Gasteiger partial charge in [0.05, 0.1) is 0 Å². The lowest BCUT2D eigenvalue weighted by atomic mass is 9.98. The fourth-order valence-corrected chi connectivity index (χ4v) is 0.508. The van der Waals surface area contributed by atoms with Crippen LogP contribution in [0.3, 0.4) is 0 Å². The summed E-state index contributed by atoms with van der Waals surface area (Å²) in [4.78, 5) is 10.2. The van der Waals surface area contributed by atoms with E-state index in [0.717, 1.165) is 0 Å². The second kappa shape index (κ2) is 5.99. The first kappa shape index (κ1) is 10.2. The SMILES string of the molecule is [B]C(=C)/C=C\C=C/CC(=O)Cl. The van der Waals surface area contributed by atoms with Gasteiger partial charge in [-0.1, -0.05) is 24.3 Å². The molecule has 0 aliphatic carbocycles. The van der Waals surface area contributed by atoms with Gasteiger partial charge in [0.1, 0.15) is 7.85 Å². The van der Waals surface area contributed by atoms with E-state index >= 15 is 0 Å². The Morgan fingerprint density at radius 2 is 2.18 bits per heavy atom. The van der Waals surface area contributed by atoms with Crippen molar-refractivity contribution in [2.75, 3.05) is 0 Å². The van der Waals surface area contributed by atoms with Crippen molar-refractivity contribution < 1.29 is 4.79 Å². The second-order valence-corrected chi connectivity index (χ2v) is 2.34. The van der Waals surface area contributed by atoms with E-state index in [1.165, 1.54) is 0 Å². The van der Waals surface area contributed by atoms with E-state index in [-0.39, 0.29) is 11.7 Å². The van der Waals surface area contributed by atoms with E-state index in [9.17, 15) is 4.79 Å². The molecule has 0 heterocycles. The van der Waals surface area contributed by atoms with Crippen molar-refractivity contribution in [2.24, 2.45) is 0 Å². The maximum atomic E-state index is 10.2. The number of carbonyl (C=O) groups excluding carboxylic acids is 1. The third-order valence-electron chi connectivity index (χ3n) is 0.836. The van der Waals surface area contributed by atoms with Crippen LogP contribution < -0.4 is 0 Å². The second-order valence-electron chi connectivity index (χ2n) is 1.92. The minimum Gasteiger partial charge on any atom is -0.281 e. The van der Waals surface area contributed by atoms with Gasteiger partial charge in [0.2, 0.25) is 5.24 Å². The maximum Gasteiger partial charge on any atom is 0.225 e. The number of allylic oxidation sites excluding steroid dienone is 5. The first-order chi connectivity index (χ1) is 5.13. The molecular weight excluding hydrogens is 158 g/mol. The minimum atomic E-state index is -0.374. The molecule has 0 atom stereocenters. The van der Waals surface area contributed by atoms with Crippen LogP contribution in [0.25, 0.3) is 0 Å². The zero-order chi connectivity index (χ0) is 8.69. The third-order valence-corrected chi connectivity index (χ3v) is 0.990. The molecule has 0 bridgehead atoms. The molecule has 0 rings (SSSR count). The standard InChI is InChI=1S/C8H8BClO/c1-7(9)5-3-2-4-6-8(10)11/h2-5H,1,6H2/b4-2-,5-3-. The molecule has 0 fully saturated rings. The van der Waals surface area contributed by atoms with Crippen molar-refractivity contribution in [1.82, 2.24) is 0 Å². The Hall–Kier alpha value is -0.755. The summed E-state index contributed by atoms with van der Waals surface area (Å²) in [5.74, 6) is 0. The molecular formula is C8H8BClO. The lowest BCUT2D eigenvalue weighted by Crippen LogP contribution is -1.78. The Morgan fingerprint density at radius 1 is 1.55 bits per heavy atom. The lowest BCUT2D eigenvalue weighted by molar-refractivity contribution is -0.110. The van der Waals surface area contributed by atoms with E-state index in [1.807, 2.05) is 0 Å². The molecule has 0 N–H and O–H groups in total. The highest BCUT2D eigenvalue weighted by atomic mass is 35.5. The first-order valence-electron chi connectivity index (χ1n) is 3.09. The predicted octanol–water partition coefficient (Wildman–Crippen LogP) is 1.94. The van der Waals surface area contributed by atoms with Crippen LogP contribution in [0, 0.1) is 0 Å². The van der Waals surface area contributed by atoms with Gasteiger partial charge in [0, 0.05) is 6.42 Å². The molecule has 0 aromatic rings. The summed E-state index contributed by atoms with van der Waals surface area (Å²) in [5.41, 5.74) is 0.479. The normalized spacial score (nSPS) is 11.0. The van der Waals surface area contributed by atoms with Gasteiger partial charge in [-0.25, -0.2) is 0 Å². The number of rotatable bonds is 4. The highest BCUT2D eigenvalue weighted by Gasteiger charge is 1.86. The van der Waals surface area contributed by atoms with Crippen molar-refractivity contribution in [1.29, 1.82) is 0 Å². The van der Waals surface area contributed by atoms with Crippen molar-refractivity contribution in [3.8, 4) is 0 Å². The first-order valence-corrected chi connectivity index (χ1v) is 3.46. The van der Waals surface area contributed by atoms with Crippen LogP contribution in [0.1, 0.15) is 6.42 Å². The van der Waals surface area contributed by atoms with E-state index < -0.39 is 0 Å². The van der Waals surface area contributed by atoms with Crippen LogP contribution in [-0.2, 0) is 4.79 Å². The fraction of sp³-hybridized carbons (Fsp3) is 0.125. The van der Waals surface area contributed by atoms with Gasteiger partial charge in [-0.05, 0) is 11.6 Å². The summed E-state index contributed by atoms with van der Waals surface area (Å²) in [5, 5.41) is -0.374. The van der Waals surface area contributed by atoms with E-state index in [1.54, 1.807) is 24.3 Å². The smallest absolute Gasteiger partial charge is 0.225 e. The molecule has 3 heteroatoms. The molecule has 0 spiro atoms. The van der Waals surface area contributed by atoms with Gasteiger partial charge in [0.25, 0.3) is 0 Å². The zero-order valence-corrected chi connectivity index (χ0v) is 6.84. The molecule has 2 radical (unpaired) electrons. The molecule has 0 saturated carbocycles. The van der Waals surface area contributed by atoms with Crippen LogP contribution in [0.15, 0.2) is 36.4 Å². The molecule has 0 unspecified atom stereocenters. The van der Waals surface area contributed by atoms with Crippen LogP contribution >= 0.6 is 11.6 Å². The fourth-order valence-electron chi connectivity index (χ4n) is 0.418. The molecule has 0 aromatic heterocycles. The number of carbonyl (C=O) groups is 1. The van der Waals surface area contributed by atoms with Crippen LogP contribution in [0.5, 0.6) is 0 Å². The highest BCUT2D eigenvalue weighted by molar-refractivity contribution is 6.63. The van der Waals surface area contributed by atoms with Crippen LogP contribution in [-0.4, -0.2) is 13.1 Å². The molecule has 11 heavy (non-hydrogen) atoms. The van der Waals surface area contributed by atoms with Gasteiger partial charge >= 0.3 is 0 Å². The average Bonchev–Trinajstić information content (AvgIpc) is 1.85. The van der Waals surface area contributed by atoms with Crippen molar-refractivity contribution >= 4 is 24.7 Å². The molecule has 56 valence electrons. The molecule has 0 saturated heterocycles. The Balaban J connectivity index is 3.60. The summed E-state index contributed by atoms with van der Waals surface area (Å²) in [6, 6.07) is 0. The minimum absolute atomic E-state index is 0.239. The number of hydrogen-bond donors (Lipinski definition) is 0. The van der Waals surface area contributed by atoms with Crippen molar-refractivity contribution in [3.05, 3.63) is 36.4 Å². The van der Waals surface area contributed by atoms with E-state index in [0.29, 0.717) is 5.47 Å². The van der Waals surface area contributed by atoms with Gasteiger partial charge in [-0.2, -0.15) is 0 Å². The molecule has 0 amide bonds. The molecule has 0 aliphatic rings. The van der Waals surface area contributed by atoms with Gasteiger partial charge in [-0.3, -0.25) is 4.79 Å². The topological polar surface area (TPSA) is 17.1 Å². The molecule has 1 nitrogen and oxygen atoms in total. The summed E-state index contributed by atoms with van der Waals surface area (Å²) < 4.78 is 0. The van der Waals surface area contributed by atoms with Crippen LogP contribution in [0.2, 0.25) is 0 Å². The highest BCUT2D eigenvalue weighted by Crippen LogP contribution is 1.91. The van der Waals surface area contributed by atoms with Gasteiger partial charge < -0.3 is 0 Å². The Morgan fingerprint density at radius 3 is 2.64 bits per heavy atom. The third kappa shape index (κ3) is 9.24. The Kier molecular flexibility index (Phi) is 5.58. The monoisotopic (exact) mass is 166 g/mol. The Bertz CT molecular complexity index is 206. The molecule has 0 aliphatic heterocycles. The summed E-state index contributed by atoms with van der Waals surface area (Å²) in [6.45, 7) is 3.45.